The Bertz CT molecular complexity index is 1240. The van der Waals surface area contributed by atoms with Crippen molar-refractivity contribution in [3.05, 3.63) is 40.8 Å². The third kappa shape index (κ3) is 5.35. The van der Waals surface area contributed by atoms with E-state index in [2.05, 4.69) is 30.3 Å². The molecule has 2 aromatic heterocycles. The van der Waals surface area contributed by atoms with Gasteiger partial charge in [0.05, 0.1) is 12.7 Å². The minimum Gasteiger partial charge on any atom is -0.480 e. The predicted octanol–water partition coefficient (Wildman–Crippen LogP) is 2.04. The Morgan fingerprint density at radius 2 is 1.71 bits per heavy atom. The van der Waals surface area contributed by atoms with Crippen LogP contribution < -0.4 is 20.7 Å². The van der Waals surface area contributed by atoms with Crippen molar-refractivity contribution < 1.29 is 9.90 Å². The molecule has 11 nitrogen and oxygen atoms in total. The molecule has 0 aliphatic carbocycles. The minimum absolute atomic E-state index is 0.0810. The van der Waals surface area contributed by atoms with Gasteiger partial charge in [-0.1, -0.05) is 0 Å². The first-order valence-electron chi connectivity index (χ1n) is 12.1. The summed E-state index contributed by atoms with van der Waals surface area (Å²) in [7, 11) is 0. The lowest BCUT2D eigenvalue weighted by atomic mass is 10.1. The van der Waals surface area contributed by atoms with E-state index in [4.69, 9.17) is 10.1 Å². The summed E-state index contributed by atoms with van der Waals surface area (Å²) in [5, 5.41) is 19.2. The number of nitrogens with one attached hydrogen (secondary N) is 2. The number of H-pyrrole nitrogens is 1. The van der Waals surface area contributed by atoms with E-state index >= 15 is 0 Å². The zero-order valence-corrected chi connectivity index (χ0v) is 19.6. The average molecular weight is 479 g/mol. The largest absolute Gasteiger partial charge is 0.480 e. The quantitative estimate of drug-likeness (QED) is 0.484. The standard InChI is InChI=1S/C24H30N8O3/c33-20(34)16-30-9-4-12-31(14-13-30)18-7-5-17(6-8-18)26-22-21-19(15-25-29-23(21)35)27-24(28-22)32-10-2-1-3-11-32/h5-8,15H,1-4,9-14,16H2,(H,29,35)(H,33,34)(H,26,27,28). The number of rotatable bonds is 6. The molecule has 35 heavy (non-hydrogen) atoms. The van der Waals surface area contributed by atoms with Crippen LogP contribution in [0.15, 0.2) is 35.3 Å². The Kier molecular flexibility index (Phi) is 6.75. The molecule has 0 spiro atoms. The van der Waals surface area contributed by atoms with Crippen LogP contribution in [0, 0.1) is 0 Å². The third-order valence-corrected chi connectivity index (χ3v) is 6.59. The predicted molar refractivity (Wildman–Crippen MR) is 135 cm³/mol. The molecule has 0 bridgehead atoms. The summed E-state index contributed by atoms with van der Waals surface area (Å²) >= 11 is 0. The van der Waals surface area contributed by atoms with Crippen molar-refractivity contribution in [2.45, 2.75) is 25.7 Å². The fourth-order valence-electron chi connectivity index (χ4n) is 4.79. The number of aliphatic carboxylic acids is 1. The number of piperidine rings is 1. The minimum atomic E-state index is -0.788. The third-order valence-electron chi connectivity index (χ3n) is 6.59. The highest BCUT2D eigenvalue weighted by Crippen LogP contribution is 2.27. The second-order valence-corrected chi connectivity index (χ2v) is 9.06. The van der Waals surface area contributed by atoms with E-state index in [0.717, 1.165) is 69.9 Å². The Hall–Kier alpha value is -3.73. The van der Waals surface area contributed by atoms with Gasteiger partial charge in [-0.25, -0.2) is 10.1 Å². The Balaban J connectivity index is 1.36. The zero-order valence-electron chi connectivity index (χ0n) is 19.6. The van der Waals surface area contributed by atoms with Crippen LogP contribution in [-0.4, -0.2) is 82.0 Å². The molecule has 4 heterocycles. The Morgan fingerprint density at radius 3 is 2.49 bits per heavy atom. The molecule has 0 atom stereocenters. The molecule has 0 unspecified atom stereocenters. The highest BCUT2D eigenvalue weighted by Gasteiger charge is 2.19. The number of hydrogen-bond donors (Lipinski definition) is 3. The van der Waals surface area contributed by atoms with Gasteiger partial charge in [0.2, 0.25) is 5.95 Å². The van der Waals surface area contributed by atoms with Gasteiger partial charge in [0.15, 0.2) is 0 Å². The number of aromatic amines is 1. The first kappa shape index (κ1) is 23.0. The lowest BCUT2D eigenvalue weighted by Crippen LogP contribution is -2.34. The van der Waals surface area contributed by atoms with E-state index in [1.54, 1.807) is 6.20 Å². The molecule has 2 saturated heterocycles. The fraction of sp³-hybridized carbons (Fsp3) is 0.458. The van der Waals surface area contributed by atoms with Crippen LogP contribution in [0.5, 0.6) is 0 Å². The topological polar surface area (TPSA) is 131 Å². The van der Waals surface area contributed by atoms with Crippen molar-refractivity contribution in [3.8, 4) is 0 Å². The Morgan fingerprint density at radius 1 is 0.943 bits per heavy atom. The van der Waals surface area contributed by atoms with Gasteiger partial charge in [0, 0.05) is 50.6 Å². The molecular weight excluding hydrogens is 448 g/mol. The molecule has 2 aliphatic heterocycles. The molecule has 11 heteroatoms. The second-order valence-electron chi connectivity index (χ2n) is 9.06. The van der Waals surface area contributed by atoms with E-state index in [1.807, 2.05) is 29.2 Å². The molecule has 3 aromatic rings. The van der Waals surface area contributed by atoms with Crippen molar-refractivity contribution >= 4 is 40.0 Å². The summed E-state index contributed by atoms with van der Waals surface area (Å²) in [4.78, 5) is 39.4. The molecule has 2 aliphatic rings. The smallest absolute Gasteiger partial charge is 0.317 e. The van der Waals surface area contributed by atoms with E-state index < -0.39 is 5.97 Å². The van der Waals surface area contributed by atoms with E-state index in [0.29, 0.717) is 22.7 Å². The molecule has 184 valence electrons. The monoisotopic (exact) mass is 478 g/mol. The second kappa shape index (κ2) is 10.3. The molecule has 0 radical (unpaired) electrons. The normalized spacial score (nSPS) is 17.4. The zero-order chi connectivity index (χ0) is 24.2. The average Bonchev–Trinajstić information content (AvgIpc) is 3.10. The number of aromatic nitrogens is 4. The van der Waals surface area contributed by atoms with Gasteiger partial charge < -0.3 is 20.2 Å². The first-order chi connectivity index (χ1) is 17.1. The molecule has 2 fully saturated rings. The van der Waals surface area contributed by atoms with E-state index in [-0.39, 0.29) is 12.1 Å². The van der Waals surface area contributed by atoms with Crippen LogP contribution in [0.25, 0.3) is 10.9 Å². The van der Waals surface area contributed by atoms with Gasteiger partial charge in [-0.05, 0) is 49.9 Å². The number of fused-ring (bicyclic) bond motifs is 1. The van der Waals surface area contributed by atoms with E-state index in [1.165, 1.54) is 6.42 Å². The van der Waals surface area contributed by atoms with Gasteiger partial charge in [-0.2, -0.15) is 10.1 Å². The Labute approximate surface area is 202 Å². The van der Waals surface area contributed by atoms with Gasteiger partial charge in [-0.15, -0.1) is 0 Å². The fourth-order valence-corrected chi connectivity index (χ4v) is 4.79. The van der Waals surface area contributed by atoms with Gasteiger partial charge in [0.1, 0.15) is 16.7 Å². The number of nitrogens with zero attached hydrogens (tertiary/aromatic N) is 6. The maximum absolute atomic E-state index is 12.6. The number of carboxylic acid groups (broad SMARTS) is 1. The number of carbonyl (C=O) groups is 1. The van der Waals surface area contributed by atoms with Crippen molar-refractivity contribution in [3.63, 3.8) is 0 Å². The molecule has 5 rings (SSSR count). The van der Waals surface area contributed by atoms with Crippen LogP contribution in [-0.2, 0) is 4.79 Å². The van der Waals surface area contributed by atoms with Gasteiger partial charge in [0.25, 0.3) is 5.56 Å². The van der Waals surface area contributed by atoms with Gasteiger partial charge >= 0.3 is 5.97 Å². The summed E-state index contributed by atoms with van der Waals surface area (Å²) in [6.07, 6.45) is 5.88. The van der Waals surface area contributed by atoms with Crippen molar-refractivity contribution in [1.29, 1.82) is 0 Å². The van der Waals surface area contributed by atoms with E-state index in [9.17, 15) is 9.59 Å². The first-order valence-corrected chi connectivity index (χ1v) is 12.1. The molecule has 0 amide bonds. The van der Waals surface area contributed by atoms with Crippen molar-refractivity contribution in [2.24, 2.45) is 0 Å². The lowest BCUT2D eigenvalue weighted by molar-refractivity contribution is -0.138. The molecule has 3 N–H and O–H groups in total. The number of benzene rings is 1. The van der Waals surface area contributed by atoms with Crippen LogP contribution in [0.4, 0.5) is 23.1 Å². The molecule has 1 aromatic carbocycles. The number of hydrogen-bond acceptors (Lipinski definition) is 9. The maximum atomic E-state index is 12.6. The van der Waals surface area contributed by atoms with Crippen LogP contribution >= 0.6 is 0 Å². The highest BCUT2D eigenvalue weighted by atomic mass is 16.4. The van der Waals surface area contributed by atoms with Crippen LogP contribution in [0.2, 0.25) is 0 Å². The summed E-state index contributed by atoms with van der Waals surface area (Å²) in [6, 6.07) is 8.02. The highest BCUT2D eigenvalue weighted by molar-refractivity contribution is 5.90. The number of carboxylic acids is 1. The summed E-state index contributed by atoms with van der Waals surface area (Å²) in [6.45, 7) is 5.03. The SMILES string of the molecule is O=C(O)CN1CCCN(c2ccc(Nc3nc(N4CCCCC4)nc4cn[nH]c(=O)c34)cc2)CC1. The summed E-state index contributed by atoms with van der Waals surface area (Å²) in [5.74, 6) is 0.287. The maximum Gasteiger partial charge on any atom is 0.317 e. The summed E-state index contributed by atoms with van der Waals surface area (Å²) < 4.78 is 0. The van der Waals surface area contributed by atoms with Gasteiger partial charge in [-0.3, -0.25) is 14.5 Å². The molecular formula is C24H30N8O3. The lowest BCUT2D eigenvalue weighted by Gasteiger charge is -2.27. The molecule has 0 saturated carbocycles. The number of anilines is 4. The van der Waals surface area contributed by atoms with Crippen LogP contribution in [0.3, 0.4) is 0 Å². The van der Waals surface area contributed by atoms with Crippen LogP contribution in [0.1, 0.15) is 25.7 Å². The van der Waals surface area contributed by atoms with Crippen molar-refractivity contribution in [2.75, 3.05) is 60.9 Å². The van der Waals surface area contributed by atoms with Crippen molar-refractivity contribution in [1.82, 2.24) is 25.1 Å². The summed E-state index contributed by atoms with van der Waals surface area (Å²) in [5.41, 5.74) is 2.08.